The highest BCUT2D eigenvalue weighted by atomic mass is 35.5. The van der Waals surface area contributed by atoms with Crippen LogP contribution >= 0.6 is 11.6 Å². The normalized spacial score (nSPS) is 19.8. The van der Waals surface area contributed by atoms with Crippen molar-refractivity contribution < 1.29 is 19.3 Å². The molecule has 1 fully saturated rings. The van der Waals surface area contributed by atoms with Crippen molar-refractivity contribution in [3.05, 3.63) is 59.1 Å². The fraction of sp³-hybridized carbons (Fsp3) is 0.350. The van der Waals surface area contributed by atoms with Crippen molar-refractivity contribution in [3.63, 3.8) is 0 Å². The molecule has 6 heteroatoms. The van der Waals surface area contributed by atoms with E-state index in [1.54, 1.807) is 13.2 Å². The van der Waals surface area contributed by atoms with Gasteiger partial charge in [-0.3, -0.25) is 4.79 Å². The number of hydrogen-bond acceptors (Lipinski definition) is 2. The molecule has 1 aliphatic heterocycles. The lowest BCUT2D eigenvalue weighted by Crippen LogP contribution is -3.28. The summed E-state index contributed by atoms with van der Waals surface area (Å²) in [6.45, 7) is 5.51. The van der Waals surface area contributed by atoms with E-state index in [1.165, 1.54) is 15.4 Å². The standard InChI is InChI=1S/C20H24ClN3O2/c1-26-19-9-5-2-6-16(19)14-23-10-12-24(13-11-23)15-20(25)22-18-8-4-3-7-17(18)21/h2-9H,10-15H2,1H3,(H,22,25)/p+2. The Morgan fingerprint density at radius 3 is 2.42 bits per heavy atom. The highest BCUT2D eigenvalue weighted by molar-refractivity contribution is 6.33. The first-order valence-electron chi connectivity index (χ1n) is 8.99. The number of amides is 1. The van der Waals surface area contributed by atoms with Crippen LogP contribution in [0.25, 0.3) is 0 Å². The summed E-state index contributed by atoms with van der Waals surface area (Å²) in [6.07, 6.45) is 0. The topological polar surface area (TPSA) is 47.2 Å². The summed E-state index contributed by atoms with van der Waals surface area (Å²) in [5.74, 6) is 0.968. The Balaban J connectivity index is 1.46. The minimum Gasteiger partial charge on any atom is -0.496 e. The van der Waals surface area contributed by atoms with Crippen molar-refractivity contribution in [1.82, 2.24) is 0 Å². The summed E-state index contributed by atoms with van der Waals surface area (Å²) >= 11 is 6.10. The lowest BCUT2D eigenvalue weighted by molar-refractivity contribution is -1.02. The second-order valence-corrected chi connectivity index (χ2v) is 7.10. The maximum Gasteiger partial charge on any atom is 0.279 e. The Hall–Kier alpha value is -2.08. The molecule has 0 spiro atoms. The number of nitrogens with one attached hydrogen (secondary N) is 3. The van der Waals surface area contributed by atoms with Gasteiger partial charge < -0.3 is 19.9 Å². The lowest BCUT2D eigenvalue weighted by Gasteiger charge is -2.29. The molecule has 1 saturated heterocycles. The molecular formula is C20H26ClN3O2+2. The van der Waals surface area contributed by atoms with Gasteiger partial charge in [0, 0.05) is 5.56 Å². The molecule has 0 saturated carbocycles. The van der Waals surface area contributed by atoms with E-state index in [9.17, 15) is 4.79 Å². The van der Waals surface area contributed by atoms with Crippen LogP contribution in [-0.2, 0) is 11.3 Å². The highest BCUT2D eigenvalue weighted by Gasteiger charge is 2.25. The molecule has 5 nitrogen and oxygen atoms in total. The minimum atomic E-state index is 0.0151. The van der Waals surface area contributed by atoms with Gasteiger partial charge in [0.25, 0.3) is 5.91 Å². The van der Waals surface area contributed by atoms with Crippen LogP contribution in [0.1, 0.15) is 5.56 Å². The minimum absolute atomic E-state index is 0.0151. The van der Waals surface area contributed by atoms with Gasteiger partial charge in [-0.05, 0) is 24.3 Å². The van der Waals surface area contributed by atoms with Crippen LogP contribution in [0.3, 0.4) is 0 Å². The number of anilines is 1. The van der Waals surface area contributed by atoms with Crippen molar-refractivity contribution in [2.45, 2.75) is 6.54 Å². The Morgan fingerprint density at radius 1 is 1.04 bits per heavy atom. The van der Waals surface area contributed by atoms with Gasteiger partial charge in [0.15, 0.2) is 6.54 Å². The number of carbonyl (C=O) groups is 1. The summed E-state index contributed by atoms with van der Waals surface area (Å²) < 4.78 is 5.44. The molecule has 2 aromatic rings. The van der Waals surface area contributed by atoms with Crippen molar-refractivity contribution in [2.24, 2.45) is 0 Å². The number of benzene rings is 2. The van der Waals surface area contributed by atoms with E-state index in [1.807, 2.05) is 30.3 Å². The van der Waals surface area contributed by atoms with Crippen LogP contribution < -0.4 is 19.9 Å². The molecule has 3 N–H and O–H groups in total. The van der Waals surface area contributed by atoms with Crippen LogP contribution in [0.15, 0.2) is 48.5 Å². The molecular weight excluding hydrogens is 350 g/mol. The molecule has 1 heterocycles. The summed E-state index contributed by atoms with van der Waals surface area (Å²) in [4.78, 5) is 15.1. The van der Waals surface area contributed by atoms with Crippen LogP contribution in [0.4, 0.5) is 5.69 Å². The van der Waals surface area contributed by atoms with Gasteiger partial charge in [-0.2, -0.15) is 0 Å². The van der Waals surface area contributed by atoms with Gasteiger partial charge >= 0.3 is 0 Å². The van der Waals surface area contributed by atoms with E-state index in [2.05, 4.69) is 17.4 Å². The third-order valence-electron chi connectivity index (χ3n) is 4.86. The van der Waals surface area contributed by atoms with Gasteiger partial charge in [-0.15, -0.1) is 0 Å². The first-order chi connectivity index (χ1) is 12.7. The van der Waals surface area contributed by atoms with Crippen molar-refractivity contribution >= 4 is 23.2 Å². The maximum absolute atomic E-state index is 12.3. The molecule has 2 aromatic carbocycles. The zero-order valence-electron chi connectivity index (χ0n) is 15.1. The summed E-state index contributed by atoms with van der Waals surface area (Å²) in [7, 11) is 1.72. The Labute approximate surface area is 159 Å². The third kappa shape index (κ3) is 4.97. The Bertz CT molecular complexity index is 745. The summed E-state index contributed by atoms with van der Waals surface area (Å²) in [6, 6.07) is 15.5. The predicted octanol–water partition coefficient (Wildman–Crippen LogP) is 0.271. The van der Waals surface area contributed by atoms with E-state index in [0.29, 0.717) is 17.3 Å². The second-order valence-electron chi connectivity index (χ2n) is 6.69. The highest BCUT2D eigenvalue weighted by Crippen LogP contribution is 2.20. The monoisotopic (exact) mass is 375 g/mol. The van der Waals surface area contributed by atoms with Gasteiger partial charge in [-0.1, -0.05) is 35.9 Å². The first-order valence-corrected chi connectivity index (χ1v) is 9.37. The molecule has 26 heavy (non-hydrogen) atoms. The molecule has 0 atom stereocenters. The largest absolute Gasteiger partial charge is 0.496 e. The number of quaternary nitrogens is 2. The van der Waals surface area contributed by atoms with Crippen molar-refractivity contribution in [2.75, 3.05) is 45.2 Å². The van der Waals surface area contributed by atoms with E-state index in [-0.39, 0.29) is 5.91 Å². The summed E-state index contributed by atoms with van der Waals surface area (Å²) in [5, 5.41) is 3.48. The molecule has 138 valence electrons. The van der Waals surface area contributed by atoms with Crippen LogP contribution in [-0.4, -0.2) is 45.7 Å². The number of carbonyl (C=O) groups excluding carboxylic acids is 1. The number of piperazine rings is 1. The van der Waals surface area contributed by atoms with Crippen LogP contribution in [0.2, 0.25) is 5.02 Å². The zero-order valence-corrected chi connectivity index (χ0v) is 15.8. The predicted molar refractivity (Wildman–Crippen MR) is 103 cm³/mol. The fourth-order valence-corrected chi connectivity index (χ4v) is 3.60. The first kappa shape index (κ1) is 18.7. The lowest BCUT2D eigenvalue weighted by atomic mass is 10.1. The van der Waals surface area contributed by atoms with E-state index in [4.69, 9.17) is 16.3 Å². The van der Waals surface area contributed by atoms with E-state index >= 15 is 0 Å². The Kier molecular flexibility index (Phi) is 6.50. The van der Waals surface area contributed by atoms with Gasteiger partial charge in [-0.25, -0.2) is 0 Å². The number of ether oxygens (including phenoxy) is 1. The number of methoxy groups -OCH3 is 1. The van der Waals surface area contributed by atoms with Gasteiger partial charge in [0.05, 0.1) is 17.8 Å². The Morgan fingerprint density at radius 2 is 1.69 bits per heavy atom. The van der Waals surface area contributed by atoms with Gasteiger partial charge in [0.2, 0.25) is 0 Å². The number of hydrogen-bond donors (Lipinski definition) is 3. The molecule has 0 unspecified atom stereocenters. The molecule has 0 bridgehead atoms. The van der Waals surface area contributed by atoms with Crippen LogP contribution in [0, 0.1) is 0 Å². The molecule has 1 amide bonds. The zero-order chi connectivity index (χ0) is 18.4. The molecule has 0 radical (unpaired) electrons. The third-order valence-corrected chi connectivity index (χ3v) is 5.19. The van der Waals surface area contributed by atoms with E-state index in [0.717, 1.165) is 38.5 Å². The van der Waals surface area contributed by atoms with Crippen molar-refractivity contribution in [1.29, 1.82) is 0 Å². The van der Waals surface area contributed by atoms with Crippen molar-refractivity contribution in [3.8, 4) is 5.75 Å². The molecule has 1 aliphatic rings. The van der Waals surface area contributed by atoms with Crippen LogP contribution in [0.5, 0.6) is 5.75 Å². The summed E-state index contributed by atoms with van der Waals surface area (Å²) in [5.41, 5.74) is 1.92. The SMILES string of the molecule is COc1ccccc1C[NH+]1CC[NH+](CC(=O)Nc2ccccc2Cl)CC1. The fourth-order valence-electron chi connectivity index (χ4n) is 3.41. The quantitative estimate of drug-likeness (QED) is 0.679. The number of halogens is 1. The second kappa shape index (κ2) is 9.03. The molecule has 0 aromatic heterocycles. The number of para-hydroxylation sites is 2. The van der Waals surface area contributed by atoms with E-state index < -0.39 is 0 Å². The average Bonchev–Trinajstić information content (AvgIpc) is 2.66. The average molecular weight is 376 g/mol. The number of rotatable bonds is 6. The smallest absolute Gasteiger partial charge is 0.279 e. The van der Waals surface area contributed by atoms with Gasteiger partial charge in [0.1, 0.15) is 38.5 Å². The molecule has 0 aliphatic carbocycles. The molecule has 3 rings (SSSR count). The maximum atomic E-state index is 12.3.